The first-order valence-electron chi connectivity index (χ1n) is 5.18. The molecule has 0 unspecified atom stereocenters. The molecule has 0 aliphatic carbocycles. The van der Waals surface area contributed by atoms with Crippen molar-refractivity contribution in [3.05, 3.63) is 17.9 Å². The minimum atomic E-state index is -3.54. The van der Waals surface area contributed by atoms with E-state index in [0.29, 0.717) is 6.54 Å². The van der Waals surface area contributed by atoms with Crippen LogP contribution in [-0.2, 0) is 16.6 Å². The molecule has 1 aromatic heterocycles. The summed E-state index contributed by atoms with van der Waals surface area (Å²) in [6, 6.07) is 2.82. The third-order valence-corrected chi connectivity index (χ3v) is 4.02. The van der Waals surface area contributed by atoms with E-state index in [9.17, 15) is 8.42 Å². The van der Waals surface area contributed by atoms with Crippen LogP contribution in [0.5, 0.6) is 0 Å². The van der Waals surface area contributed by atoms with E-state index in [0.717, 1.165) is 12.8 Å². The molecule has 1 aromatic rings. The number of hydrogen-bond acceptors (Lipinski definition) is 4. The van der Waals surface area contributed by atoms with Gasteiger partial charge in [-0.25, -0.2) is 8.42 Å². The van der Waals surface area contributed by atoms with Gasteiger partial charge in [-0.2, -0.15) is 4.31 Å². The Balaban J connectivity index is 2.84. The van der Waals surface area contributed by atoms with Gasteiger partial charge in [-0.1, -0.05) is 13.3 Å². The molecule has 0 aromatic carbocycles. The minimum Gasteiger partial charge on any atom is -0.446 e. The minimum absolute atomic E-state index is 0.116. The van der Waals surface area contributed by atoms with E-state index in [2.05, 4.69) is 0 Å². The summed E-state index contributed by atoms with van der Waals surface area (Å²) < 4.78 is 30.1. The number of unbranched alkanes of at least 4 members (excludes halogenated alkanes) is 1. The van der Waals surface area contributed by atoms with Crippen molar-refractivity contribution in [1.29, 1.82) is 0 Å². The average molecular weight is 247 g/mol. The molecule has 0 amide bonds. The first-order chi connectivity index (χ1) is 7.52. The van der Waals surface area contributed by atoms with Crippen LogP contribution in [0.2, 0.25) is 0 Å². The Labute approximate surface area is 95.7 Å². The predicted octanol–water partition coefficient (Wildman–Crippen LogP) is 1.19. The van der Waals surface area contributed by atoms with E-state index < -0.39 is 10.0 Å². The summed E-state index contributed by atoms with van der Waals surface area (Å²) in [6.07, 6.45) is 1.74. The average Bonchev–Trinajstić information content (AvgIpc) is 2.74. The Hall–Kier alpha value is -0.850. The summed E-state index contributed by atoms with van der Waals surface area (Å²) >= 11 is 0. The zero-order chi connectivity index (χ0) is 12.2. The van der Waals surface area contributed by atoms with Crippen molar-refractivity contribution in [2.75, 3.05) is 13.6 Å². The van der Waals surface area contributed by atoms with Crippen molar-refractivity contribution in [3.63, 3.8) is 0 Å². The van der Waals surface area contributed by atoms with E-state index in [1.807, 2.05) is 6.92 Å². The van der Waals surface area contributed by atoms with Crippen molar-refractivity contribution in [2.45, 2.75) is 31.5 Å². The smallest absolute Gasteiger partial charge is 0.276 e. The van der Waals surface area contributed by atoms with Crippen LogP contribution in [0.15, 0.2) is 21.6 Å². The summed E-state index contributed by atoms with van der Waals surface area (Å²) in [7, 11) is -2.02. The monoisotopic (exact) mass is 247 g/mol. The van der Waals surface area contributed by atoms with Crippen LogP contribution in [0.4, 0.5) is 0 Å². The van der Waals surface area contributed by atoms with Gasteiger partial charge in [0.25, 0.3) is 10.0 Å². The quantitative estimate of drug-likeness (QED) is 0.819. The van der Waals surface area contributed by atoms with Crippen LogP contribution in [0.3, 0.4) is 0 Å². The van der Waals surface area contributed by atoms with Gasteiger partial charge in [-0.3, -0.25) is 0 Å². The highest BCUT2D eigenvalue weighted by Gasteiger charge is 2.23. The first-order valence-corrected chi connectivity index (χ1v) is 6.62. The van der Waals surface area contributed by atoms with Crippen LogP contribution in [-0.4, -0.2) is 31.4 Å². The third-order valence-electron chi connectivity index (χ3n) is 2.28. The predicted molar refractivity (Wildman–Crippen MR) is 59.4 cm³/mol. The highest BCUT2D eigenvalue weighted by Crippen LogP contribution is 2.18. The van der Waals surface area contributed by atoms with Gasteiger partial charge in [0.1, 0.15) is 12.4 Å². The SMILES string of the molecule is CCCCN(C)S(=O)(=O)c1ccc(CO)o1. The van der Waals surface area contributed by atoms with E-state index in [1.54, 1.807) is 0 Å². The second-order valence-electron chi connectivity index (χ2n) is 3.56. The van der Waals surface area contributed by atoms with E-state index in [1.165, 1.54) is 23.5 Å². The lowest BCUT2D eigenvalue weighted by Gasteiger charge is -2.14. The highest BCUT2D eigenvalue weighted by atomic mass is 32.2. The summed E-state index contributed by atoms with van der Waals surface area (Å²) in [5.74, 6) is 0.252. The lowest BCUT2D eigenvalue weighted by Crippen LogP contribution is -2.27. The van der Waals surface area contributed by atoms with Gasteiger partial charge in [0, 0.05) is 13.6 Å². The van der Waals surface area contributed by atoms with Gasteiger partial charge in [0.05, 0.1) is 0 Å². The number of aliphatic hydroxyl groups is 1. The van der Waals surface area contributed by atoms with Crippen molar-refractivity contribution in [3.8, 4) is 0 Å². The molecule has 0 aliphatic rings. The van der Waals surface area contributed by atoms with Crippen LogP contribution in [0.1, 0.15) is 25.5 Å². The van der Waals surface area contributed by atoms with E-state index >= 15 is 0 Å². The molecule has 92 valence electrons. The van der Waals surface area contributed by atoms with Crippen LogP contribution in [0, 0.1) is 0 Å². The molecule has 1 rings (SSSR count). The second-order valence-corrected chi connectivity index (χ2v) is 5.53. The Morgan fingerprint density at radius 1 is 1.44 bits per heavy atom. The van der Waals surface area contributed by atoms with Crippen molar-refractivity contribution >= 4 is 10.0 Å². The zero-order valence-electron chi connectivity index (χ0n) is 9.51. The topological polar surface area (TPSA) is 70.8 Å². The summed E-state index contributed by atoms with van der Waals surface area (Å²) in [5, 5.41) is 8.68. The fraction of sp³-hybridized carbons (Fsp3) is 0.600. The van der Waals surface area contributed by atoms with Gasteiger partial charge in [0.2, 0.25) is 5.09 Å². The van der Waals surface area contributed by atoms with E-state index in [4.69, 9.17) is 9.52 Å². The molecule has 0 bridgehead atoms. The third kappa shape index (κ3) is 2.84. The van der Waals surface area contributed by atoms with E-state index in [-0.39, 0.29) is 17.5 Å². The molecule has 1 heterocycles. The fourth-order valence-corrected chi connectivity index (χ4v) is 2.37. The zero-order valence-corrected chi connectivity index (χ0v) is 10.3. The van der Waals surface area contributed by atoms with Crippen molar-refractivity contribution in [2.24, 2.45) is 0 Å². The molecule has 0 saturated carbocycles. The van der Waals surface area contributed by atoms with Gasteiger partial charge < -0.3 is 9.52 Å². The summed E-state index contributed by atoms with van der Waals surface area (Å²) in [6.45, 7) is 2.17. The molecular weight excluding hydrogens is 230 g/mol. The standard InChI is InChI=1S/C10H17NO4S/c1-3-4-7-11(2)16(13,14)10-6-5-9(8-12)15-10/h5-6,12H,3-4,7-8H2,1-2H3. The molecule has 1 N–H and O–H groups in total. The molecule has 6 heteroatoms. The number of hydrogen-bond donors (Lipinski definition) is 1. The van der Waals surface area contributed by atoms with Gasteiger partial charge in [0.15, 0.2) is 0 Å². The highest BCUT2D eigenvalue weighted by molar-refractivity contribution is 7.89. The number of nitrogens with zero attached hydrogens (tertiary/aromatic N) is 1. The summed E-state index contributed by atoms with van der Waals surface area (Å²) in [5.41, 5.74) is 0. The van der Waals surface area contributed by atoms with Gasteiger partial charge in [-0.15, -0.1) is 0 Å². The lowest BCUT2D eigenvalue weighted by molar-refractivity contribution is 0.235. The maximum atomic E-state index is 11.9. The molecule has 0 saturated heterocycles. The number of furan rings is 1. The number of sulfonamides is 1. The maximum absolute atomic E-state index is 11.9. The summed E-state index contributed by atoms with van der Waals surface area (Å²) in [4.78, 5) is 0. The molecular formula is C10H17NO4S. The van der Waals surface area contributed by atoms with Crippen molar-refractivity contribution in [1.82, 2.24) is 4.31 Å². The first kappa shape index (κ1) is 13.2. The normalized spacial score (nSPS) is 12.2. The molecule has 0 radical (unpaired) electrons. The Morgan fingerprint density at radius 3 is 2.62 bits per heavy atom. The Bertz CT molecular complexity index is 424. The second kappa shape index (κ2) is 5.47. The Kier molecular flexibility index (Phi) is 4.52. The van der Waals surface area contributed by atoms with Crippen LogP contribution < -0.4 is 0 Å². The van der Waals surface area contributed by atoms with Crippen LogP contribution >= 0.6 is 0 Å². The van der Waals surface area contributed by atoms with Crippen LogP contribution in [0.25, 0.3) is 0 Å². The molecule has 16 heavy (non-hydrogen) atoms. The molecule has 0 aliphatic heterocycles. The van der Waals surface area contributed by atoms with Crippen molar-refractivity contribution < 1.29 is 17.9 Å². The molecule has 0 spiro atoms. The van der Waals surface area contributed by atoms with Gasteiger partial charge in [-0.05, 0) is 18.6 Å². The molecule has 0 atom stereocenters. The van der Waals surface area contributed by atoms with Gasteiger partial charge >= 0.3 is 0 Å². The molecule has 0 fully saturated rings. The fourth-order valence-electron chi connectivity index (χ4n) is 1.24. The lowest BCUT2D eigenvalue weighted by atomic mass is 10.3. The maximum Gasteiger partial charge on any atom is 0.276 e. The largest absolute Gasteiger partial charge is 0.446 e. The Morgan fingerprint density at radius 2 is 2.12 bits per heavy atom. The number of aliphatic hydroxyl groups excluding tert-OH is 1. The number of rotatable bonds is 6. The molecule has 5 nitrogen and oxygen atoms in total.